The van der Waals surface area contributed by atoms with Crippen LogP contribution in [-0.2, 0) is 0 Å². The fourth-order valence-corrected chi connectivity index (χ4v) is 11.1. The average Bonchev–Trinajstić information content (AvgIpc) is 2.74. The van der Waals surface area contributed by atoms with Gasteiger partial charge in [-0.3, -0.25) is 0 Å². The van der Waals surface area contributed by atoms with Crippen molar-refractivity contribution < 1.29 is 10.2 Å². The smallest absolute Gasteiger partial charge is 0.0594 e. The summed E-state index contributed by atoms with van der Waals surface area (Å²) in [4.78, 5) is 0. The minimum atomic E-state index is -0.117. The molecule has 0 radical (unpaired) electrons. The Morgan fingerprint density at radius 1 is 0.688 bits per heavy atom. The predicted molar refractivity (Wildman–Crippen MR) is 132 cm³/mol. The minimum absolute atomic E-state index is 0.0739. The van der Waals surface area contributed by atoms with Gasteiger partial charge in [0.15, 0.2) is 0 Å². The molecular weight excluding hydrogens is 392 g/mol. The van der Waals surface area contributed by atoms with Gasteiger partial charge in [0, 0.05) is 6.61 Å². The standard InChI is InChI=1S/C30H52O2/c1-16-12-22-23(28-19(4)30(7,15-31)11-10-20(16)28)13-17(2)26-21-8-9-25(32)29(5,6)24(21)14-18(3)27(22)26/h16-28,31-32H,8-15H2,1-7H3/t16-,17-,18+,19-,20?,21?,22?,23?,24?,25?,26?,27?,28?,30?/m1/s1. The molecule has 0 heterocycles. The van der Waals surface area contributed by atoms with Gasteiger partial charge in [-0.2, -0.15) is 0 Å². The van der Waals surface area contributed by atoms with Crippen molar-refractivity contribution in [2.24, 2.45) is 81.8 Å². The van der Waals surface area contributed by atoms with Gasteiger partial charge in [-0.15, -0.1) is 0 Å². The van der Waals surface area contributed by atoms with E-state index in [2.05, 4.69) is 48.5 Å². The number of aliphatic hydroxyl groups is 2. The molecule has 0 spiro atoms. The van der Waals surface area contributed by atoms with Gasteiger partial charge in [0.05, 0.1) is 6.10 Å². The zero-order valence-electron chi connectivity index (χ0n) is 22.1. The highest BCUT2D eigenvalue weighted by molar-refractivity contribution is 5.10. The highest BCUT2D eigenvalue weighted by Crippen LogP contribution is 2.67. The molecule has 0 aliphatic heterocycles. The van der Waals surface area contributed by atoms with Crippen LogP contribution >= 0.6 is 0 Å². The summed E-state index contributed by atoms with van der Waals surface area (Å²) in [6, 6.07) is 0. The molecule has 14 atom stereocenters. The molecule has 2 heteroatoms. The fraction of sp³-hybridized carbons (Fsp3) is 1.00. The third-order valence-electron chi connectivity index (χ3n) is 13.1. The van der Waals surface area contributed by atoms with Crippen LogP contribution < -0.4 is 0 Å². The molecule has 0 aromatic heterocycles. The van der Waals surface area contributed by atoms with Crippen LogP contribution in [-0.4, -0.2) is 22.9 Å². The fourth-order valence-electron chi connectivity index (χ4n) is 11.1. The summed E-state index contributed by atoms with van der Waals surface area (Å²) in [7, 11) is 0. The van der Waals surface area contributed by atoms with Crippen LogP contribution in [0.25, 0.3) is 0 Å². The van der Waals surface area contributed by atoms with Crippen molar-refractivity contribution >= 4 is 0 Å². The lowest BCUT2D eigenvalue weighted by atomic mass is 9.39. The van der Waals surface area contributed by atoms with E-state index < -0.39 is 0 Å². The number of hydrogen-bond acceptors (Lipinski definition) is 2. The minimum Gasteiger partial charge on any atom is -0.396 e. The summed E-state index contributed by atoms with van der Waals surface area (Å²) < 4.78 is 0. The highest BCUT2D eigenvalue weighted by atomic mass is 16.3. The Morgan fingerprint density at radius 2 is 1.28 bits per heavy atom. The molecule has 0 aromatic rings. The Kier molecular flexibility index (Phi) is 5.89. The molecular formula is C30H52O2. The first kappa shape index (κ1) is 23.7. The molecule has 5 rings (SSSR count). The molecule has 2 nitrogen and oxygen atoms in total. The van der Waals surface area contributed by atoms with E-state index >= 15 is 0 Å². The Hall–Kier alpha value is -0.0800. The molecule has 0 bridgehead atoms. The first-order valence-corrected chi connectivity index (χ1v) is 14.3. The Balaban J connectivity index is 1.49. The number of aliphatic hydroxyl groups excluding tert-OH is 2. The second kappa shape index (κ2) is 7.97. The van der Waals surface area contributed by atoms with Crippen LogP contribution in [0.5, 0.6) is 0 Å². The van der Waals surface area contributed by atoms with E-state index in [1.54, 1.807) is 0 Å². The van der Waals surface area contributed by atoms with Crippen molar-refractivity contribution in [1.29, 1.82) is 0 Å². The van der Waals surface area contributed by atoms with Gasteiger partial charge < -0.3 is 10.2 Å². The van der Waals surface area contributed by atoms with E-state index in [-0.39, 0.29) is 16.9 Å². The normalized spacial score (nSPS) is 59.3. The van der Waals surface area contributed by atoms with E-state index in [0.717, 1.165) is 65.6 Å². The molecule has 0 amide bonds. The van der Waals surface area contributed by atoms with Gasteiger partial charge in [0.2, 0.25) is 0 Å². The van der Waals surface area contributed by atoms with Crippen molar-refractivity contribution in [2.45, 2.75) is 99.5 Å². The SMILES string of the molecule is C[C@@H]1CC2C(C[C@@H](C)C3C4CCC(O)C(C)(C)C4C[C@H](C)C23)C2C1CCC(C)(CO)[C@@H]2C. The lowest BCUT2D eigenvalue weighted by Gasteiger charge is -2.66. The Labute approximate surface area is 198 Å². The summed E-state index contributed by atoms with van der Waals surface area (Å²) >= 11 is 0. The van der Waals surface area contributed by atoms with Crippen LogP contribution in [0.4, 0.5) is 0 Å². The van der Waals surface area contributed by atoms with Crippen LogP contribution in [0.2, 0.25) is 0 Å². The topological polar surface area (TPSA) is 40.5 Å². The van der Waals surface area contributed by atoms with E-state index in [1.807, 2.05) is 0 Å². The predicted octanol–water partition coefficient (Wildman–Crippen LogP) is 6.64. The lowest BCUT2D eigenvalue weighted by molar-refractivity contribution is -0.188. The zero-order valence-corrected chi connectivity index (χ0v) is 22.1. The molecule has 5 aliphatic carbocycles. The van der Waals surface area contributed by atoms with Gasteiger partial charge >= 0.3 is 0 Å². The van der Waals surface area contributed by atoms with Crippen molar-refractivity contribution in [3.63, 3.8) is 0 Å². The maximum Gasteiger partial charge on any atom is 0.0594 e. The summed E-state index contributed by atoms with van der Waals surface area (Å²) in [6.07, 6.45) is 8.91. The molecule has 32 heavy (non-hydrogen) atoms. The van der Waals surface area contributed by atoms with Gasteiger partial charge in [0.1, 0.15) is 0 Å². The molecule has 184 valence electrons. The van der Waals surface area contributed by atoms with Gasteiger partial charge in [-0.05, 0) is 127 Å². The van der Waals surface area contributed by atoms with Crippen molar-refractivity contribution in [3.05, 3.63) is 0 Å². The summed E-state index contributed by atoms with van der Waals surface area (Å²) in [5, 5.41) is 21.2. The molecule has 5 aliphatic rings. The highest BCUT2D eigenvalue weighted by Gasteiger charge is 2.61. The third kappa shape index (κ3) is 3.24. The van der Waals surface area contributed by atoms with Crippen molar-refractivity contribution in [3.8, 4) is 0 Å². The Morgan fingerprint density at radius 3 is 1.97 bits per heavy atom. The second-order valence-electron chi connectivity index (χ2n) is 14.7. The van der Waals surface area contributed by atoms with Crippen molar-refractivity contribution in [1.82, 2.24) is 0 Å². The molecule has 2 N–H and O–H groups in total. The summed E-state index contributed by atoms with van der Waals surface area (Å²) in [5.41, 5.74) is 0.195. The molecule has 0 saturated heterocycles. The maximum absolute atomic E-state index is 10.9. The van der Waals surface area contributed by atoms with Crippen LogP contribution in [0.1, 0.15) is 93.4 Å². The third-order valence-corrected chi connectivity index (χ3v) is 13.1. The van der Waals surface area contributed by atoms with Gasteiger partial charge in [-0.25, -0.2) is 0 Å². The zero-order chi connectivity index (χ0) is 23.2. The van der Waals surface area contributed by atoms with Gasteiger partial charge in [0.25, 0.3) is 0 Å². The van der Waals surface area contributed by atoms with Gasteiger partial charge in [-0.1, -0.05) is 48.5 Å². The summed E-state index contributed by atoms with van der Waals surface area (Å²) in [6.45, 7) is 17.7. The number of rotatable bonds is 1. The summed E-state index contributed by atoms with van der Waals surface area (Å²) in [5.74, 6) is 9.80. The Bertz CT molecular complexity index is 701. The maximum atomic E-state index is 10.9. The van der Waals surface area contributed by atoms with Crippen molar-refractivity contribution in [2.75, 3.05) is 6.61 Å². The lowest BCUT2D eigenvalue weighted by Crippen LogP contribution is -2.61. The van der Waals surface area contributed by atoms with E-state index in [4.69, 9.17) is 0 Å². The first-order valence-electron chi connectivity index (χ1n) is 14.3. The van der Waals surface area contributed by atoms with E-state index in [9.17, 15) is 10.2 Å². The van der Waals surface area contributed by atoms with E-state index in [1.165, 1.54) is 38.5 Å². The second-order valence-corrected chi connectivity index (χ2v) is 14.7. The van der Waals surface area contributed by atoms with Crippen LogP contribution in [0, 0.1) is 81.8 Å². The monoisotopic (exact) mass is 444 g/mol. The average molecular weight is 445 g/mol. The number of fused-ring (bicyclic) bond motifs is 7. The quantitative estimate of drug-likeness (QED) is 0.475. The van der Waals surface area contributed by atoms with Crippen LogP contribution in [0.15, 0.2) is 0 Å². The largest absolute Gasteiger partial charge is 0.396 e. The molecule has 10 unspecified atom stereocenters. The number of hydrogen-bond donors (Lipinski definition) is 2. The van der Waals surface area contributed by atoms with E-state index in [0.29, 0.717) is 18.4 Å². The van der Waals surface area contributed by atoms with Crippen LogP contribution in [0.3, 0.4) is 0 Å². The molecule has 5 fully saturated rings. The first-order chi connectivity index (χ1) is 15.0. The molecule has 5 saturated carbocycles. The molecule has 0 aromatic carbocycles.